The molecular weight excluding hydrogens is 292 g/mol. The van der Waals surface area contributed by atoms with Gasteiger partial charge in [0.1, 0.15) is 6.04 Å². The molecule has 0 fully saturated rings. The Labute approximate surface area is 114 Å². The predicted octanol–water partition coefficient (Wildman–Crippen LogP) is 0.140. The van der Waals surface area contributed by atoms with Crippen molar-refractivity contribution in [1.29, 1.82) is 0 Å². The SMILES string of the molecule is COC(=O)C(C)NS(=O)(=O)c1ccc(O)c([N+](=O)[O-])c1. The molecular formula is C10H12N2O7S. The van der Waals surface area contributed by atoms with E-state index in [1.807, 2.05) is 4.72 Å². The van der Waals surface area contributed by atoms with Crippen molar-refractivity contribution in [3.63, 3.8) is 0 Å². The van der Waals surface area contributed by atoms with E-state index >= 15 is 0 Å². The predicted molar refractivity (Wildman–Crippen MR) is 66.6 cm³/mol. The molecule has 0 radical (unpaired) electrons. The van der Waals surface area contributed by atoms with Crippen LogP contribution in [0.25, 0.3) is 0 Å². The summed E-state index contributed by atoms with van der Waals surface area (Å²) < 4.78 is 30.2. The molecule has 0 heterocycles. The fraction of sp³-hybridized carbons (Fsp3) is 0.300. The number of carbonyl (C=O) groups excluding carboxylic acids is 1. The first-order valence-corrected chi connectivity index (χ1v) is 6.75. The number of phenols is 1. The van der Waals surface area contributed by atoms with E-state index in [0.717, 1.165) is 19.2 Å². The maximum absolute atomic E-state index is 11.9. The van der Waals surface area contributed by atoms with Gasteiger partial charge in [0.2, 0.25) is 10.0 Å². The molecule has 0 aliphatic carbocycles. The van der Waals surface area contributed by atoms with Crippen LogP contribution in [-0.4, -0.2) is 37.6 Å². The molecule has 0 aromatic heterocycles. The number of benzene rings is 1. The summed E-state index contributed by atoms with van der Waals surface area (Å²) in [7, 11) is -3.06. The number of carbonyl (C=O) groups is 1. The van der Waals surface area contributed by atoms with Gasteiger partial charge in [0.15, 0.2) is 5.75 Å². The van der Waals surface area contributed by atoms with Crippen molar-refractivity contribution in [2.45, 2.75) is 17.9 Å². The summed E-state index contributed by atoms with van der Waals surface area (Å²) in [4.78, 5) is 20.4. The van der Waals surface area contributed by atoms with Crippen LogP contribution in [0.4, 0.5) is 5.69 Å². The molecule has 110 valence electrons. The van der Waals surface area contributed by atoms with Gasteiger partial charge in [-0.2, -0.15) is 4.72 Å². The van der Waals surface area contributed by atoms with Crippen molar-refractivity contribution in [3.8, 4) is 5.75 Å². The van der Waals surface area contributed by atoms with Crippen LogP contribution in [0.1, 0.15) is 6.92 Å². The zero-order valence-electron chi connectivity index (χ0n) is 10.6. The Kier molecular flexibility index (Phi) is 4.63. The smallest absolute Gasteiger partial charge is 0.323 e. The number of nitro benzene ring substituents is 1. The first kappa shape index (κ1) is 15.9. The number of ether oxygens (including phenoxy) is 1. The van der Waals surface area contributed by atoms with Crippen LogP contribution in [0.15, 0.2) is 23.1 Å². The average Bonchev–Trinajstić information content (AvgIpc) is 2.36. The third-order valence-electron chi connectivity index (χ3n) is 2.34. The zero-order valence-corrected chi connectivity index (χ0v) is 11.4. The van der Waals surface area contributed by atoms with Gasteiger partial charge < -0.3 is 9.84 Å². The van der Waals surface area contributed by atoms with Crippen molar-refractivity contribution in [1.82, 2.24) is 4.72 Å². The van der Waals surface area contributed by atoms with E-state index in [0.29, 0.717) is 6.07 Å². The van der Waals surface area contributed by atoms with E-state index in [4.69, 9.17) is 0 Å². The molecule has 10 heteroatoms. The van der Waals surface area contributed by atoms with Gasteiger partial charge in [-0.15, -0.1) is 0 Å². The molecule has 1 rings (SSSR count). The number of aromatic hydroxyl groups is 1. The number of hydrogen-bond acceptors (Lipinski definition) is 7. The first-order valence-electron chi connectivity index (χ1n) is 5.26. The summed E-state index contributed by atoms with van der Waals surface area (Å²) in [5, 5.41) is 19.9. The summed E-state index contributed by atoms with van der Waals surface area (Å²) in [6.07, 6.45) is 0. The lowest BCUT2D eigenvalue weighted by Crippen LogP contribution is -2.39. The van der Waals surface area contributed by atoms with Crippen molar-refractivity contribution >= 4 is 21.7 Å². The van der Waals surface area contributed by atoms with Gasteiger partial charge in [0.25, 0.3) is 0 Å². The van der Waals surface area contributed by atoms with Crippen LogP contribution in [0, 0.1) is 10.1 Å². The lowest BCUT2D eigenvalue weighted by Gasteiger charge is -2.12. The fourth-order valence-electron chi connectivity index (χ4n) is 1.34. The number of rotatable bonds is 5. The van der Waals surface area contributed by atoms with Gasteiger partial charge in [-0.05, 0) is 19.1 Å². The molecule has 20 heavy (non-hydrogen) atoms. The number of sulfonamides is 1. The second-order valence-electron chi connectivity index (χ2n) is 3.77. The average molecular weight is 304 g/mol. The normalized spacial score (nSPS) is 12.7. The summed E-state index contributed by atoms with van der Waals surface area (Å²) in [6, 6.07) is 1.41. The highest BCUT2D eigenvalue weighted by molar-refractivity contribution is 7.89. The largest absolute Gasteiger partial charge is 0.502 e. The van der Waals surface area contributed by atoms with Crippen molar-refractivity contribution in [3.05, 3.63) is 28.3 Å². The molecule has 1 unspecified atom stereocenters. The van der Waals surface area contributed by atoms with Gasteiger partial charge in [-0.25, -0.2) is 8.42 Å². The molecule has 0 spiro atoms. The Morgan fingerprint density at radius 3 is 2.60 bits per heavy atom. The second-order valence-corrected chi connectivity index (χ2v) is 5.49. The van der Waals surface area contributed by atoms with Crippen LogP contribution in [0.2, 0.25) is 0 Å². The quantitative estimate of drug-likeness (QED) is 0.448. The lowest BCUT2D eigenvalue weighted by atomic mass is 10.3. The minimum atomic E-state index is -4.15. The number of phenolic OH excluding ortho intramolecular Hbond substituents is 1. The van der Waals surface area contributed by atoms with Crippen molar-refractivity contribution in [2.75, 3.05) is 7.11 Å². The Bertz CT molecular complexity index is 641. The number of nitro groups is 1. The number of nitrogens with one attached hydrogen (secondary N) is 1. The van der Waals surface area contributed by atoms with E-state index in [2.05, 4.69) is 4.74 Å². The minimum absolute atomic E-state index is 0.447. The van der Waals surface area contributed by atoms with Crippen LogP contribution < -0.4 is 4.72 Å². The molecule has 9 nitrogen and oxygen atoms in total. The van der Waals surface area contributed by atoms with Crippen LogP contribution in [-0.2, 0) is 19.6 Å². The topological polar surface area (TPSA) is 136 Å². The van der Waals surface area contributed by atoms with Crippen molar-refractivity contribution < 1.29 is 28.0 Å². The third-order valence-corrected chi connectivity index (χ3v) is 3.88. The van der Waals surface area contributed by atoms with Crippen molar-refractivity contribution in [2.24, 2.45) is 0 Å². The molecule has 0 saturated heterocycles. The molecule has 1 aromatic rings. The third kappa shape index (κ3) is 3.42. The maximum atomic E-state index is 11.9. The highest BCUT2D eigenvalue weighted by atomic mass is 32.2. The number of methoxy groups -OCH3 is 1. The first-order chi connectivity index (χ1) is 9.19. The van der Waals surface area contributed by atoms with Crippen LogP contribution in [0.3, 0.4) is 0 Å². The molecule has 0 aliphatic rings. The lowest BCUT2D eigenvalue weighted by molar-refractivity contribution is -0.386. The Morgan fingerprint density at radius 2 is 2.10 bits per heavy atom. The number of esters is 1. The Morgan fingerprint density at radius 1 is 1.50 bits per heavy atom. The van der Waals surface area contributed by atoms with Gasteiger partial charge in [-0.1, -0.05) is 0 Å². The standard InChI is InChI=1S/C10H12N2O7S/c1-6(10(14)19-2)11-20(17,18)7-3-4-9(13)8(5-7)12(15)16/h3-6,11,13H,1-2H3. The summed E-state index contributed by atoms with van der Waals surface area (Å²) >= 11 is 0. The maximum Gasteiger partial charge on any atom is 0.323 e. The molecule has 0 saturated carbocycles. The highest BCUT2D eigenvalue weighted by Gasteiger charge is 2.25. The van der Waals surface area contributed by atoms with E-state index < -0.39 is 43.3 Å². The molecule has 0 bridgehead atoms. The molecule has 0 amide bonds. The highest BCUT2D eigenvalue weighted by Crippen LogP contribution is 2.28. The fourth-order valence-corrected chi connectivity index (χ4v) is 2.55. The summed E-state index contributed by atoms with van der Waals surface area (Å²) in [5.41, 5.74) is -0.751. The van der Waals surface area contributed by atoms with E-state index in [1.165, 1.54) is 6.92 Å². The summed E-state index contributed by atoms with van der Waals surface area (Å²) in [6.45, 7) is 1.26. The van der Waals surface area contributed by atoms with E-state index in [1.54, 1.807) is 0 Å². The Balaban J connectivity index is 3.13. The van der Waals surface area contributed by atoms with Gasteiger partial charge in [0, 0.05) is 6.07 Å². The van der Waals surface area contributed by atoms with Gasteiger partial charge in [-0.3, -0.25) is 14.9 Å². The zero-order chi connectivity index (χ0) is 15.5. The molecule has 2 N–H and O–H groups in total. The minimum Gasteiger partial charge on any atom is -0.502 e. The Hall–Kier alpha value is -2.20. The van der Waals surface area contributed by atoms with E-state index in [-0.39, 0.29) is 0 Å². The van der Waals surface area contributed by atoms with Gasteiger partial charge >= 0.3 is 11.7 Å². The molecule has 1 aromatic carbocycles. The number of nitrogens with zero attached hydrogens (tertiary/aromatic N) is 1. The monoisotopic (exact) mass is 304 g/mol. The van der Waals surface area contributed by atoms with E-state index in [9.17, 15) is 28.4 Å². The second kappa shape index (κ2) is 5.84. The molecule has 0 aliphatic heterocycles. The van der Waals surface area contributed by atoms with Gasteiger partial charge in [0.05, 0.1) is 16.9 Å². The summed E-state index contributed by atoms with van der Waals surface area (Å²) in [5.74, 6) is -1.46. The number of hydrogen-bond donors (Lipinski definition) is 2. The van der Waals surface area contributed by atoms with Crippen LogP contribution in [0.5, 0.6) is 5.75 Å². The molecule has 1 atom stereocenters. The van der Waals surface area contributed by atoms with Crippen LogP contribution >= 0.6 is 0 Å².